The molecule has 0 aliphatic carbocycles. The van der Waals surface area contributed by atoms with Crippen molar-refractivity contribution in [3.8, 4) is 11.3 Å². The Balaban J connectivity index is 1.71. The molecule has 0 bridgehead atoms. The van der Waals surface area contributed by atoms with E-state index in [-0.39, 0.29) is 5.69 Å². The van der Waals surface area contributed by atoms with Crippen LogP contribution in [-0.4, -0.2) is 22.3 Å². The molecule has 0 saturated carbocycles. The number of aromatic amines is 1. The molecule has 5 nitrogen and oxygen atoms in total. The lowest BCUT2D eigenvalue weighted by atomic mass is 10.1. The van der Waals surface area contributed by atoms with Gasteiger partial charge >= 0.3 is 0 Å². The smallest absolute Gasteiger partial charge is 0.272 e. The zero-order valence-corrected chi connectivity index (χ0v) is 13.8. The summed E-state index contributed by atoms with van der Waals surface area (Å²) in [4.78, 5) is 12.1. The minimum atomic E-state index is -0.413. The number of nitrogens with one attached hydrogen (secondary N) is 2. The van der Waals surface area contributed by atoms with Gasteiger partial charge in [0.25, 0.3) is 5.91 Å². The van der Waals surface area contributed by atoms with Crippen molar-refractivity contribution in [1.82, 2.24) is 15.6 Å². The van der Waals surface area contributed by atoms with Crippen LogP contribution in [0.15, 0.2) is 59.7 Å². The summed E-state index contributed by atoms with van der Waals surface area (Å²) in [6.07, 6.45) is 1.48. The molecule has 1 aromatic heterocycles. The van der Waals surface area contributed by atoms with Crippen LogP contribution in [0.2, 0.25) is 10.0 Å². The Morgan fingerprint density at radius 2 is 1.79 bits per heavy atom. The average Bonchev–Trinajstić information content (AvgIpc) is 3.07. The van der Waals surface area contributed by atoms with E-state index in [1.807, 2.05) is 30.3 Å². The normalized spacial score (nSPS) is 10.9. The molecule has 0 unspecified atom stereocenters. The number of carbonyl (C=O) groups is 1. The van der Waals surface area contributed by atoms with Gasteiger partial charge in [0.15, 0.2) is 0 Å². The third-order valence-corrected chi connectivity index (χ3v) is 3.92. The van der Waals surface area contributed by atoms with E-state index in [1.165, 1.54) is 6.21 Å². The number of amides is 1. The van der Waals surface area contributed by atoms with Gasteiger partial charge in [-0.3, -0.25) is 9.89 Å². The monoisotopic (exact) mass is 358 g/mol. The van der Waals surface area contributed by atoms with Gasteiger partial charge in [0.2, 0.25) is 0 Å². The van der Waals surface area contributed by atoms with Crippen LogP contribution in [0, 0.1) is 0 Å². The predicted molar refractivity (Wildman–Crippen MR) is 95.5 cm³/mol. The first-order valence-electron chi connectivity index (χ1n) is 7.03. The Morgan fingerprint density at radius 3 is 2.54 bits per heavy atom. The first-order valence-corrected chi connectivity index (χ1v) is 7.79. The first-order chi connectivity index (χ1) is 11.6. The van der Waals surface area contributed by atoms with Gasteiger partial charge in [0, 0.05) is 16.1 Å². The van der Waals surface area contributed by atoms with E-state index in [1.54, 1.807) is 24.3 Å². The molecule has 24 heavy (non-hydrogen) atoms. The van der Waals surface area contributed by atoms with E-state index in [0.717, 1.165) is 5.56 Å². The molecular formula is C17H12Cl2N4O. The summed E-state index contributed by atoms with van der Waals surface area (Å²) in [5.74, 6) is -0.413. The fraction of sp³-hybridized carbons (Fsp3) is 0. The van der Waals surface area contributed by atoms with Crippen LogP contribution in [0.5, 0.6) is 0 Å². The minimum Gasteiger partial charge on any atom is -0.272 e. The summed E-state index contributed by atoms with van der Waals surface area (Å²) in [6, 6.07) is 16.1. The molecule has 0 saturated heterocycles. The van der Waals surface area contributed by atoms with E-state index < -0.39 is 5.91 Å². The second-order valence-electron chi connectivity index (χ2n) is 4.87. The van der Waals surface area contributed by atoms with Gasteiger partial charge in [0.1, 0.15) is 5.69 Å². The summed E-state index contributed by atoms with van der Waals surface area (Å²) in [6.45, 7) is 0. The molecule has 2 aromatic carbocycles. The molecule has 3 aromatic rings. The third-order valence-electron chi connectivity index (χ3n) is 3.25. The molecule has 0 atom stereocenters. The van der Waals surface area contributed by atoms with Gasteiger partial charge in [-0.1, -0.05) is 59.6 Å². The van der Waals surface area contributed by atoms with Gasteiger partial charge in [-0.15, -0.1) is 0 Å². The second-order valence-corrected chi connectivity index (χ2v) is 5.68. The van der Waals surface area contributed by atoms with E-state index >= 15 is 0 Å². The van der Waals surface area contributed by atoms with Crippen molar-refractivity contribution in [1.29, 1.82) is 0 Å². The van der Waals surface area contributed by atoms with Gasteiger partial charge in [-0.25, -0.2) is 5.43 Å². The zero-order chi connectivity index (χ0) is 16.9. The molecule has 0 spiro atoms. The second kappa shape index (κ2) is 7.29. The Hall–Kier alpha value is -2.63. The average molecular weight is 359 g/mol. The van der Waals surface area contributed by atoms with Crippen LogP contribution in [-0.2, 0) is 0 Å². The molecule has 1 heterocycles. The van der Waals surface area contributed by atoms with Crippen LogP contribution in [0.1, 0.15) is 16.1 Å². The van der Waals surface area contributed by atoms with Crippen LogP contribution < -0.4 is 5.43 Å². The van der Waals surface area contributed by atoms with E-state index in [0.29, 0.717) is 21.3 Å². The standard InChI is InChI=1S/C17H12Cl2N4O/c18-13-7-3-1-5-11(13)10-20-23-17(24)16-9-15(21-22-16)12-6-2-4-8-14(12)19/h1-10H,(H,21,22)(H,23,24)/b20-10-. The third kappa shape index (κ3) is 3.64. The maximum atomic E-state index is 12.1. The highest BCUT2D eigenvalue weighted by Crippen LogP contribution is 2.26. The van der Waals surface area contributed by atoms with Gasteiger partial charge < -0.3 is 0 Å². The lowest BCUT2D eigenvalue weighted by molar-refractivity contribution is 0.0950. The zero-order valence-electron chi connectivity index (χ0n) is 12.3. The summed E-state index contributed by atoms with van der Waals surface area (Å²) in [7, 11) is 0. The van der Waals surface area contributed by atoms with Crippen molar-refractivity contribution in [2.24, 2.45) is 5.10 Å². The van der Waals surface area contributed by atoms with Crippen LogP contribution >= 0.6 is 23.2 Å². The molecule has 7 heteroatoms. The molecule has 0 radical (unpaired) electrons. The largest absolute Gasteiger partial charge is 0.289 e. The van der Waals surface area contributed by atoms with Crippen LogP contribution in [0.25, 0.3) is 11.3 Å². The van der Waals surface area contributed by atoms with Gasteiger partial charge in [-0.05, 0) is 18.2 Å². The van der Waals surface area contributed by atoms with E-state index in [4.69, 9.17) is 23.2 Å². The Kier molecular flexibility index (Phi) is 4.93. The summed E-state index contributed by atoms with van der Waals surface area (Å²) in [5.41, 5.74) is 4.74. The highest BCUT2D eigenvalue weighted by Gasteiger charge is 2.12. The summed E-state index contributed by atoms with van der Waals surface area (Å²) >= 11 is 12.1. The molecule has 2 N–H and O–H groups in total. The van der Waals surface area contributed by atoms with Crippen molar-refractivity contribution < 1.29 is 4.79 Å². The predicted octanol–water partition coefficient (Wildman–Crippen LogP) is 4.15. The molecule has 0 aliphatic heterocycles. The number of hydrogen-bond acceptors (Lipinski definition) is 3. The topological polar surface area (TPSA) is 70.1 Å². The number of rotatable bonds is 4. The quantitative estimate of drug-likeness (QED) is 0.543. The fourth-order valence-electron chi connectivity index (χ4n) is 2.05. The lowest BCUT2D eigenvalue weighted by Crippen LogP contribution is -2.18. The molecule has 0 fully saturated rings. The highest BCUT2D eigenvalue weighted by molar-refractivity contribution is 6.33. The minimum absolute atomic E-state index is 0.279. The van der Waals surface area contributed by atoms with Crippen LogP contribution in [0.4, 0.5) is 0 Å². The molecular weight excluding hydrogens is 347 g/mol. The number of hydrogen-bond donors (Lipinski definition) is 2. The maximum Gasteiger partial charge on any atom is 0.289 e. The van der Waals surface area contributed by atoms with E-state index in [2.05, 4.69) is 20.7 Å². The number of benzene rings is 2. The molecule has 1 amide bonds. The number of carbonyl (C=O) groups excluding carboxylic acids is 1. The SMILES string of the molecule is O=C(N/N=C\c1ccccc1Cl)c1cc(-c2ccccc2Cl)n[nH]1. The van der Waals surface area contributed by atoms with Crippen molar-refractivity contribution in [2.75, 3.05) is 0 Å². The Labute approximate surface area is 148 Å². The number of hydrazone groups is 1. The van der Waals surface area contributed by atoms with Gasteiger partial charge in [-0.2, -0.15) is 10.2 Å². The maximum absolute atomic E-state index is 12.1. The fourth-order valence-corrected chi connectivity index (χ4v) is 2.46. The number of halogens is 2. The number of nitrogens with zero attached hydrogens (tertiary/aromatic N) is 2. The Morgan fingerprint density at radius 1 is 1.08 bits per heavy atom. The molecule has 0 aliphatic rings. The van der Waals surface area contributed by atoms with Crippen molar-refractivity contribution in [2.45, 2.75) is 0 Å². The van der Waals surface area contributed by atoms with Crippen molar-refractivity contribution >= 4 is 35.3 Å². The van der Waals surface area contributed by atoms with Crippen molar-refractivity contribution in [3.05, 3.63) is 75.9 Å². The lowest BCUT2D eigenvalue weighted by Gasteiger charge is -1.98. The molecule has 3 rings (SSSR count). The van der Waals surface area contributed by atoms with E-state index in [9.17, 15) is 4.79 Å². The number of H-pyrrole nitrogens is 1. The Bertz CT molecular complexity index is 905. The highest BCUT2D eigenvalue weighted by atomic mass is 35.5. The first kappa shape index (κ1) is 16.2. The summed E-state index contributed by atoms with van der Waals surface area (Å²) in [5, 5.41) is 11.8. The van der Waals surface area contributed by atoms with Gasteiger partial charge in [0.05, 0.1) is 16.9 Å². The van der Waals surface area contributed by atoms with Crippen LogP contribution in [0.3, 0.4) is 0 Å². The number of aromatic nitrogens is 2. The molecule has 120 valence electrons. The van der Waals surface area contributed by atoms with Crippen molar-refractivity contribution in [3.63, 3.8) is 0 Å². The summed E-state index contributed by atoms with van der Waals surface area (Å²) < 4.78 is 0.